The standard InChI is InChI=1S/C21H38N4O7/c1-7-12(6)17(21(31)32)25-19(29)13(8-10(2)3)23-18(28)14(9-15(26)27)24-20(30)16(22)11(4)5/h10-14,16-17H,7-9,22H2,1-6H3,(H,23,28)(H,24,30)(H,25,29)(H,26,27)(H,31,32). The van der Waals surface area contributed by atoms with Gasteiger partial charge in [-0.15, -0.1) is 0 Å². The first-order valence-electron chi connectivity index (χ1n) is 10.8. The molecule has 0 aromatic rings. The average Bonchev–Trinajstić information content (AvgIpc) is 2.68. The van der Waals surface area contributed by atoms with E-state index in [0.29, 0.717) is 6.42 Å². The molecule has 5 unspecified atom stereocenters. The van der Waals surface area contributed by atoms with Crippen LogP contribution in [0.15, 0.2) is 0 Å². The Morgan fingerprint density at radius 1 is 0.812 bits per heavy atom. The quantitative estimate of drug-likeness (QED) is 0.211. The van der Waals surface area contributed by atoms with Gasteiger partial charge in [0.25, 0.3) is 0 Å². The molecule has 0 bridgehead atoms. The topological polar surface area (TPSA) is 188 Å². The summed E-state index contributed by atoms with van der Waals surface area (Å²) in [5.74, 6) is -5.39. The van der Waals surface area contributed by atoms with Crippen molar-refractivity contribution >= 4 is 29.7 Å². The van der Waals surface area contributed by atoms with Gasteiger partial charge in [-0.3, -0.25) is 19.2 Å². The molecule has 7 N–H and O–H groups in total. The summed E-state index contributed by atoms with van der Waals surface area (Å²) < 4.78 is 0. The van der Waals surface area contributed by atoms with E-state index >= 15 is 0 Å². The van der Waals surface area contributed by atoms with Crippen molar-refractivity contribution in [1.82, 2.24) is 16.0 Å². The summed E-state index contributed by atoms with van der Waals surface area (Å²) in [7, 11) is 0. The van der Waals surface area contributed by atoms with Gasteiger partial charge >= 0.3 is 11.9 Å². The average molecular weight is 459 g/mol. The fraction of sp³-hybridized carbons (Fsp3) is 0.762. The zero-order valence-corrected chi connectivity index (χ0v) is 19.7. The number of aliphatic carboxylic acids is 2. The Kier molecular flexibility index (Phi) is 12.5. The number of hydrogen-bond donors (Lipinski definition) is 6. The third-order valence-corrected chi connectivity index (χ3v) is 5.15. The molecule has 0 radical (unpaired) electrons. The first-order valence-corrected chi connectivity index (χ1v) is 10.8. The zero-order valence-electron chi connectivity index (χ0n) is 19.7. The predicted octanol–water partition coefficient (Wildman–Crippen LogP) is 0.0756. The first kappa shape index (κ1) is 29.3. The van der Waals surface area contributed by atoms with Gasteiger partial charge in [0, 0.05) is 0 Å². The van der Waals surface area contributed by atoms with Crippen LogP contribution in [0.2, 0.25) is 0 Å². The minimum atomic E-state index is -1.45. The zero-order chi connectivity index (χ0) is 25.2. The fourth-order valence-electron chi connectivity index (χ4n) is 2.87. The summed E-state index contributed by atoms with van der Waals surface area (Å²) in [4.78, 5) is 60.6. The summed E-state index contributed by atoms with van der Waals surface area (Å²) in [5.41, 5.74) is 5.77. The van der Waals surface area contributed by atoms with Crippen molar-refractivity contribution in [2.24, 2.45) is 23.5 Å². The number of amides is 3. The molecule has 0 saturated carbocycles. The van der Waals surface area contributed by atoms with Crippen LogP contribution in [0.25, 0.3) is 0 Å². The van der Waals surface area contributed by atoms with Crippen molar-refractivity contribution < 1.29 is 34.2 Å². The van der Waals surface area contributed by atoms with Gasteiger partial charge in [-0.1, -0.05) is 48.0 Å². The van der Waals surface area contributed by atoms with E-state index in [9.17, 15) is 29.1 Å². The highest BCUT2D eigenvalue weighted by atomic mass is 16.4. The number of nitrogens with one attached hydrogen (secondary N) is 3. The number of carbonyl (C=O) groups is 5. The number of rotatable bonds is 14. The summed E-state index contributed by atoms with van der Waals surface area (Å²) in [6.45, 7) is 10.5. The SMILES string of the molecule is CCC(C)C(NC(=O)C(CC(C)C)NC(=O)C(CC(=O)O)NC(=O)C(N)C(C)C)C(=O)O. The van der Waals surface area contributed by atoms with E-state index < -0.39 is 60.2 Å². The molecule has 11 nitrogen and oxygen atoms in total. The van der Waals surface area contributed by atoms with Crippen molar-refractivity contribution in [3.8, 4) is 0 Å². The minimum Gasteiger partial charge on any atom is -0.481 e. The van der Waals surface area contributed by atoms with Crippen LogP contribution < -0.4 is 21.7 Å². The summed E-state index contributed by atoms with van der Waals surface area (Å²) in [6, 6.07) is -4.64. The lowest BCUT2D eigenvalue weighted by molar-refractivity contribution is -0.144. The monoisotopic (exact) mass is 458 g/mol. The third-order valence-electron chi connectivity index (χ3n) is 5.15. The summed E-state index contributed by atoms with van der Waals surface area (Å²) in [6.07, 6.45) is -0.00599. The molecule has 0 aliphatic rings. The van der Waals surface area contributed by atoms with E-state index in [-0.39, 0.29) is 24.2 Å². The van der Waals surface area contributed by atoms with Gasteiger partial charge in [-0.25, -0.2) is 4.79 Å². The summed E-state index contributed by atoms with van der Waals surface area (Å²) in [5, 5.41) is 25.8. The van der Waals surface area contributed by atoms with Crippen molar-refractivity contribution in [1.29, 1.82) is 0 Å². The second-order valence-electron chi connectivity index (χ2n) is 8.83. The lowest BCUT2D eigenvalue weighted by Gasteiger charge is -2.27. The molecule has 0 aromatic heterocycles. The fourth-order valence-corrected chi connectivity index (χ4v) is 2.87. The van der Waals surface area contributed by atoms with Crippen molar-refractivity contribution in [2.45, 2.75) is 85.0 Å². The Morgan fingerprint density at radius 3 is 1.72 bits per heavy atom. The molecule has 0 aromatic carbocycles. The van der Waals surface area contributed by atoms with Crippen LogP contribution in [0.3, 0.4) is 0 Å². The molecule has 184 valence electrons. The first-order chi connectivity index (χ1) is 14.7. The van der Waals surface area contributed by atoms with Gasteiger partial charge in [0.2, 0.25) is 17.7 Å². The Hall–Kier alpha value is -2.69. The van der Waals surface area contributed by atoms with Crippen LogP contribution in [0.5, 0.6) is 0 Å². The third kappa shape index (κ3) is 10.1. The smallest absolute Gasteiger partial charge is 0.326 e. The molecule has 0 aliphatic heterocycles. The molecule has 0 aliphatic carbocycles. The second-order valence-corrected chi connectivity index (χ2v) is 8.83. The molecule has 0 fully saturated rings. The Balaban J connectivity index is 5.59. The molecule has 0 rings (SSSR count). The van der Waals surface area contributed by atoms with Crippen molar-refractivity contribution in [2.75, 3.05) is 0 Å². The number of carboxylic acids is 2. The van der Waals surface area contributed by atoms with Crippen LogP contribution in [0.4, 0.5) is 0 Å². The van der Waals surface area contributed by atoms with E-state index in [1.165, 1.54) is 0 Å². The normalized spacial score (nSPS) is 15.9. The lowest BCUT2D eigenvalue weighted by Crippen LogP contribution is -2.58. The van der Waals surface area contributed by atoms with Gasteiger partial charge in [0.05, 0.1) is 12.5 Å². The largest absolute Gasteiger partial charge is 0.481 e. The van der Waals surface area contributed by atoms with Crippen LogP contribution in [0.1, 0.15) is 60.8 Å². The molecule has 32 heavy (non-hydrogen) atoms. The van der Waals surface area contributed by atoms with Crippen molar-refractivity contribution in [3.63, 3.8) is 0 Å². The number of hydrogen-bond acceptors (Lipinski definition) is 6. The van der Waals surface area contributed by atoms with E-state index in [1.54, 1.807) is 27.7 Å². The Labute approximate surface area is 188 Å². The van der Waals surface area contributed by atoms with Gasteiger partial charge in [-0.2, -0.15) is 0 Å². The maximum absolute atomic E-state index is 12.8. The maximum Gasteiger partial charge on any atom is 0.326 e. The molecule has 5 atom stereocenters. The van der Waals surface area contributed by atoms with E-state index in [2.05, 4.69) is 16.0 Å². The van der Waals surface area contributed by atoms with E-state index in [4.69, 9.17) is 10.8 Å². The predicted molar refractivity (Wildman–Crippen MR) is 117 cm³/mol. The van der Waals surface area contributed by atoms with Gasteiger partial charge in [0.1, 0.15) is 18.1 Å². The van der Waals surface area contributed by atoms with Crippen LogP contribution in [-0.2, 0) is 24.0 Å². The van der Waals surface area contributed by atoms with Crippen molar-refractivity contribution in [3.05, 3.63) is 0 Å². The van der Waals surface area contributed by atoms with Gasteiger partial charge in [0.15, 0.2) is 0 Å². The molecule has 3 amide bonds. The Bertz CT molecular complexity index is 681. The minimum absolute atomic E-state index is 0.0418. The summed E-state index contributed by atoms with van der Waals surface area (Å²) >= 11 is 0. The molecule has 11 heteroatoms. The number of carbonyl (C=O) groups excluding carboxylic acids is 3. The maximum atomic E-state index is 12.8. The van der Waals surface area contributed by atoms with E-state index in [1.807, 2.05) is 13.8 Å². The molecular weight excluding hydrogens is 420 g/mol. The molecule has 0 spiro atoms. The molecule has 0 heterocycles. The molecular formula is C21H38N4O7. The van der Waals surface area contributed by atoms with Crippen LogP contribution >= 0.6 is 0 Å². The highest BCUT2D eigenvalue weighted by molar-refractivity contribution is 5.95. The highest BCUT2D eigenvalue weighted by Crippen LogP contribution is 2.11. The second kappa shape index (κ2) is 13.7. The lowest BCUT2D eigenvalue weighted by atomic mass is 9.97. The van der Waals surface area contributed by atoms with Crippen LogP contribution in [-0.4, -0.2) is 64.0 Å². The van der Waals surface area contributed by atoms with E-state index in [0.717, 1.165) is 0 Å². The Morgan fingerprint density at radius 2 is 1.31 bits per heavy atom. The molecule has 0 saturated heterocycles. The highest BCUT2D eigenvalue weighted by Gasteiger charge is 2.33. The van der Waals surface area contributed by atoms with Gasteiger partial charge in [-0.05, 0) is 24.2 Å². The van der Waals surface area contributed by atoms with Gasteiger partial charge < -0.3 is 31.9 Å². The number of carboxylic acid groups (broad SMARTS) is 2. The number of nitrogens with two attached hydrogens (primary N) is 1. The van der Waals surface area contributed by atoms with Crippen LogP contribution in [0, 0.1) is 17.8 Å².